The lowest BCUT2D eigenvalue weighted by Crippen LogP contribution is -2.43. The zero-order valence-corrected chi connectivity index (χ0v) is 19.5. The van der Waals surface area contributed by atoms with E-state index in [1.807, 2.05) is 0 Å². The molecule has 1 aliphatic carbocycles. The Morgan fingerprint density at radius 1 is 1.12 bits per heavy atom. The maximum Gasteiger partial charge on any atom is 0.422 e. The molecular weight excluding hydrogens is 480 g/mol. The fraction of sp³-hybridized carbons (Fsp3) is 0.333. The number of amides is 2. The van der Waals surface area contributed by atoms with Gasteiger partial charge in [-0.3, -0.25) is 4.79 Å². The van der Waals surface area contributed by atoms with Crippen molar-refractivity contribution in [2.24, 2.45) is 0 Å². The molecule has 178 valence electrons. The molecule has 0 unspecified atom stereocenters. The average Bonchev–Trinajstić information content (AvgIpc) is 3.06. The Morgan fingerprint density at radius 3 is 2.42 bits per heavy atom. The van der Waals surface area contributed by atoms with Crippen molar-refractivity contribution in [1.29, 1.82) is 0 Å². The normalized spacial score (nSPS) is 15.6. The van der Waals surface area contributed by atoms with Crippen LogP contribution in [0.4, 0.5) is 19.3 Å². The Labute approximate surface area is 194 Å². The van der Waals surface area contributed by atoms with Crippen LogP contribution in [-0.4, -0.2) is 26.0 Å². The zero-order valence-electron chi connectivity index (χ0n) is 18.0. The van der Waals surface area contributed by atoms with Crippen molar-refractivity contribution >= 4 is 39.5 Å². The predicted octanol–water partition coefficient (Wildman–Crippen LogP) is 4.22. The Bertz CT molecular complexity index is 1220. The molecule has 0 saturated heterocycles. The minimum absolute atomic E-state index is 0.00866. The molecule has 3 N–H and O–H groups in total. The summed E-state index contributed by atoms with van der Waals surface area (Å²) in [7, 11) is -4.38. The van der Waals surface area contributed by atoms with Gasteiger partial charge in [0.25, 0.3) is 5.91 Å². The van der Waals surface area contributed by atoms with E-state index in [9.17, 15) is 26.8 Å². The predicted molar refractivity (Wildman–Crippen MR) is 118 cm³/mol. The van der Waals surface area contributed by atoms with Crippen LogP contribution in [-0.2, 0) is 21.4 Å². The summed E-state index contributed by atoms with van der Waals surface area (Å²) >= 11 is 5.73. The molecule has 0 bridgehead atoms. The largest absolute Gasteiger partial charge is 0.443 e. The van der Waals surface area contributed by atoms with Gasteiger partial charge in [0.2, 0.25) is 0 Å². The number of anilines is 1. The third-order valence-corrected chi connectivity index (χ3v) is 5.99. The van der Waals surface area contributed by atoms with Crippen LogP contribution in [0.5, 0.6) is 0 Å². The first-order valence-corrected chi connectivity index (χ1v) is 11.7. The molecule has 0 aromatic heterocycles. The Morgan fingerprint density at radius 2 is 1.79 bits per heavy atom. The summed E-state index contributed by atoms with van der Waals surface area (Å²) in [5.74, 6) is -1.94. The fourth-order valence-electron chi connectivity index (χ4n) is 3.44. The van der Waals surface area contributed by atoms with Crippen LogP contribution in [0.3, 0.4) is 0 Å². The van der Waals surface area contributed by atoms with Gasteiger partial charge in [-0.1, -0.05) is 11.6 Å². The van der Waals surface area contributed by atoms with Crippen molar-refractivity contribution in [2.75, 3.05) is 5.32 Å². The van der Waals surface area contributed by atoms with Gasteiger partial charge in [-0.05, 0) is 69.5 Å². The molecule has 1 aliphatic rings. The number of hydrogen-bond donors (Lipinski definition) is 3. The lowest BCUT2D eigenvalue weighted by Gasteiger charge is -2.21. The quantitative estimate of drug-likeness (QED) is 0.567. The molecule has 0 aliphatic heterocycles. The maximum absolute atomic E-state index is 14.6. The fourth-order valence-corrected chi connectivity index (χ4v) is 4.55. The monoisotopic (exact) mass is 501 g/mol. The average molecular weight is 502 g/mol. The summed E-state index contributed by atoms with van der Waals surface area (Å²) < 4.78 is 61.6. The molecule has 1 atom stereocenters. The topological polar surface area (TPSA) is 114 Å². The van der Waals surface area contributed by atoms with Gasteiger partial charge in [0.05, 0.1) is 11.1 Å². The van der Waals surface area contributed by atoms with Crippen LogP contribution < -0.4 is 14.8 Å². The molecule has 3 rings (SSSR count). The number of nitrogens with one attached hydrogen (secondary N) is 3. The molecule has 0 heterocycles. The number of carbonyl (C=O) groups excluding carboxylic acids is 2. The minimum Gasteiger partial charge on any atom is -0.443 e. The highest BCUT2D eigenvalue weighted by Crippen LogP contribution is 2.36. The number of rotatable bonds is 5. The molecule has 0 fully saturated rings. The second kappa shape index (κ2) is 9.24. The first-order chi connectivity index (χ1) is 15.3. The van der Waals surface area contributed by atoms with E-state index in [0.29, 0.717) is 5.56 Å². The van der Waals surface area contributed by atoms with Crippen molar-refractivity contribution in [3.05, 3.63) is 63.7 Å². The number of fused-ring (bicyclic) bond motifs is 1. The van der Waals surface area contributed by atoms with E-state index in [1.54, 1.807) is 25.5 Å². The Balaban J connectivity index is 1.80. The number of halogens is 3. The van der Waals surface area contributed by atoms with Gasteiger partial charge in [-0.2, -0.15) is 13.1 Å². The van der Waals surface area contributed by atoms with E-state index in [0.717, 1.165) is 12.1 Å². The third-order valence-electron chi connectivity index (χ3n) is 4.67. The van der Waals surface area contributed by atoms with E-state index in [1.165, 1.54) is 18.2 Å². The first-order valence-electron chi connectivity index (χ1n) is 9.86. The van der Waals surface area contributed by atoms with Crippen molar-refractivity contribution in [1.82, 2.24) is 9.44 Å². The molecule has 0 radical (unpaired) electrons. The van der Waals surface area contributed by atoms with Crippen LogP contribution >= 0.6 is 11.6 Å². The lowest BCUT2D eigenvalue weighted by atomic mass is 10.0. The van der Waals surface area contributed by atoms with E-state index in [2.05, 4.69) is 10.0 Å². The van der Waals surface area contributed by atoms with Gasteiger partial charge in [0.15, 0.2) is 0 Å². The van der Waals surface area contributed by atoms with Crippen LogP contribution in [0.25, 0.3) is 0 Å². The second-order valence-electron chi connectivity index (χ2n) is 8.39. The standard InChI is InChI=1S/C21H22ClF2N3O5S/c1-21(2,3)32-20(29)27-33(30,31)26-17-9-6-12-13(5-8-16(24)18(12)17)19(28)25-11-4-7-15(23)14(22)10-11/h4-5,7-8,10,17,26H,6,9H2,1-3H3,(H,25,28)(H,27,29)/t17-/m0/s1. The highest BCUT2D eigenvalue weighted by molar-refractivity contribution is 7.88. The van der Waals surface area contributed by atoms with Gasteiger partial charge in [-0.25, -0.2) is 18.3 Å². The molecule has 0 saturated carbocycles. The highest BCUT2D eigenvalue weighted by Gasteiger charge is 2.33. The maximum atomic E-state index is 14.6. The first kappa shape index (κ1) is 24.9. The zero-order chi connectivity index (χ0) is 24.6. The number of carbonyl (C=O) groups is 2. The SMILES string of the molecule is CC(C)(C)OC(=O)NS(=O)(=O)N[C@H]1CCc2c(C(=O)Nc3ccc(F)c(Cl)c3)ccc(F)c21. The molecule has 8 nitrogen and oxygen atoms in total. The lowest BCUT2D eigenvalue weighted by molar-refractivity contribution is 0.0569. The van der Waals surface area contributed by atoms with Crippen LogP contribution in [0.15, 0.2) is 30.3 Å². The second-order valence-corrected chi connectivity index (χ2v) is 10.2. The van der Waals surface area contributed by atoms with Gasteiger partial charge in [-0.15, -0.1) is 0 Å². The van der Waals surface area contributed by atoms with Crippen molar-refractivity contribution in [3.63, 3.8) is 0 Å². The van der Waals surface area contributed by atoms with Gasteiger partial charge in [0, 0.05) is 16.8 Å². The number of ether oxygens (including phenoxy) is 1. The van der Waals surface area contributed by atoms with Crippen LogP contribution in [0.1, 0.15) is 54.7 Å². The van der Waals surface area contributed by atoms with E-state index >= 15 is 0 Å². The smallest absolute Gasteiger partial charge is 0.422 e. The Hall–Kier alpha value is -2.76. The van der Waals surface area contributed by atoms with E-state index in [-0.39, 0.29) is 34.7 Å². The molecule has 0 spiro atoms. The van der Waals surface area contributed by atoms with Gasteiger partial charge in [0.1, 0.15) is 17.2 Å². The molecule has 33 heavy (non-hydrogen) atoms. The van der Waals surface area contributed by atoms with Crippen molar-refractivity contribution < 1.29 is 31.5 Å². The Kier molecular flexibility index (Phi) is 6.96. The van der Waals surface area contributed by atoms with Crippen LogP contribution in [0, 0.1) is 11.6 Å². The summed E-state index contributed by atoms with van der Waals surface area (Å²) in [6, 6.07) is 4.98. The van der Waals surface area contributed by atoms with Crippen molar-refractivity contribution in [2.45, 2.75) is 45.3 Å². The highest BCUT2D eigenvalue weighted by atomic mass is 35.5. The van der Waals surface area contributed by atoms with Gasteiger partial charge >= 0.3 is 16.3 Å². The van der Waals surface area contributed by atoms with Crippen LogP contribution in [0.2, 0.25) is 5.02 Å². The van der Waals surface area contributed by atoms with Gasteiger partial charge < -0.3 is 10.1 Å². The molecule has 2 aromatic rings. The summed E-state index contributed by atoms with van der Waals surface area (Å²) in [6.45, 7) is 4.71. The summed E-state index contributed by atoms with van der Waals surface area (Å²) in [4.78, 5) is 24.6. The summed E-state index contributed by atoms with van der Waals surface area (Å²) in [5.41, 5.74) is -0.210. The summed E-state index contributed by atoms with van der Waals surface area (Å²) in [5, 5.41) is 2.38. The summed E-state index contributed by atoms with van der Waals surface area (Å²) in [6.07, 6.45) is -0.812. The molecule has 2 amide bonds. The van der Waals surface area contributed by atoms with E-state index < -0.39 is 45.5 Å². The van der Waals surface area contributed by atoms with E-state index in [4.69, 9.17) is 16.3 Å². The molecular formula is C21H22ClF2N3O5S. The van der Waals surface area contributed by atoms with Crippen molar-refractivity contribution in [3.8, 4) is 0 Å². The molecule has 2 aromatic carbocycles. The molecule has 12 heteroatoms. The minimum atomic E-state index is -4.38. The number of hydrogen-bond acceptors (Lipinski definition) is 5. The number of benzene rings is 2. The third kappa shape index (κ3) is 6.18.